The van der Waals surface area contributed by atoms with Crippen molar-refractivity contribution in [2.24, 2.45) is 0 Å². The van der Waals surface area contributed by atoms with Gasteiger partial charge in [-0.1, -0.05) is 69.3 Å². The van der Waals surface area contributed by atoms with Crippen molar-refractivity contribution in [2.45, 2.75) is 40.0 Å². The van der Waals surface area contributed by atoms with Crippen LogP contribution in [0.15, 0.2) is 66.7 Å². The smallest absolute Gasteiger partial charge is 0.257 e. The molecule has 0 saturated carbocycles. The van der Waals surface area contributed by atoms with Gasteiger partial charge in [0, 0.05) is 17.0 Å². The van der Waals surface area contributed by atoms with Crippen LogP contribution in [0.2, 0.25) is 0 Å². The standard InChI is InChI=1S/C26H27N3O/c1-17-10-8-15-22(18(17)2)29-24(16-23(28-29)26(3,4)5)27-25(30)21-14-9-12-19-11-6-7-13-20(19)21/h6-16H,1-5H3,(H,27,30). The maximum absolute atomic E-state index is 13.3. The van der Waals surface area contributed by atoms with E-state index in [-0.39, 0.29) is 11.3 Å². The largest absolute Gasteiger partial charge is 0.306 e. The van der Waals surface area contributed by atoms with Crippen LogP contribution in [-0.2, 0) is 5.41 Å². The van der Waals surface area contributed by atoms with Gasteiger partial charge in [0.25, 0.3) is 5.91 Å². The molecular weight excluding hydrogens is 370 g/mol. The van der Waals surface area contributed by atoms with Crippen LogP contribution in [0.4, 0.5) is 5.82 Å². The van der Waals surface area contributed by atoms with E-state index in [0.29, 0.717) is 11.4 Å². The van der Waals surface area contributed by atoms with E-state index in [1.807, 2.05) is 65.3 Å². The van der Waals surface area contributed by atoms with Gasteiger partial charge in [0.05, 0.1) is 11.4 Å². The van der Waals surface area contributed by atoms with Crippen molar-refractivity contribution in [1.82, 2.24) is 9.78 Å². The number of benzene rings is 3. The molecule has 4 heteroatoms. The number of hydrogen-bond acceptors (Lipinski definition) is 2. The van der Waals surface area contributed by atoms with Gasteiger partial charge in [-0.05, 0) is 47.9 Å². The van der Waals surface area contributed by atoms with Crippen molar-refractivity contribution in [2.75, 3.05) is 5.32 Å². The molecule has 3 aromatic carbocycles. The number of nitrogens with zero attached hydrogens (tertiary/aromatic N) is 2. The van der Waals surface area contributed by atoms with Crippen LogP contribution in [0.5, 0.6) is 0 Å². The first-order valence-corrected chi connectivity index (χ1v) is 10.2. The molecule has 0 bridgehead atoms. The van der Waals surface area contributed by atoms with Crippen LogP contribution in [-0.4, -0.2) is 15.7 Å². The minimum Gasteiger partial charge on any atom is -0.306 e. The van der Waals surface area contributed by atoms with Gasteiger partial charge in [-0.2, -0.15) is 5.10 Å². The highest BCUT2D eigenvalue weighted by Crippen LogP contribution is 2.29. The SMILES string of the molecule is Cc1cccc(-n2nc(C(C)(C)C)cc2NC(=O)c2cccc3ccccc23)c1C. The van der Waals surface area contributed by atoms with E-state index < -0.39 is 0 Å². The summed E-state index contributed by atoms with van der Waals surface area (Å²) >= 11 is 0. The Morgan fingerprint density at radius 2 is 1.63 bits per heavy atom. The summed E-state index contributed by atoms with van der Waals surface area (Å²) in [5, 5.41) is 9.96. The number of nitrogens with one attached hydrogen (secondary N) is 1. The topological polar surface area (TPSA) is 46.9 Å². The molecule has 0 atom stereocenters. The Bertz CT molecular complexity index is 1240. The molecule has 4 nitrogen and oxygen atoms in total. The van der Waals surface area contributed by atoms with E-state index in [1.165, 1.54) is 5.56 Å². The fourth-order valence-electron chi connectivity index (χ4n) is 3.59. The molecule has 0 saturated heterocycles. The zero-order valence-corrected chi connectivity index (χ0v) is 18.2. The molecule has 0 aliphatic heterocycles. The minimum absolute atomic E-state index is 0.137. The Balaban J connectivity index is 1.81. The molecule has 4 aromatic rings. The Labute approximate surface area is 177 Å². The van der Waals surface area contributed by atoms with Gasteiger partial charge in [0.1, 0.15) is 5.82 Å². The highest BCUT2D eigenvalue weighted by Gasteiger charge is 2.23. The summed E-state index contributed by atoms with van der Waals surface area (Å²) in [4.78, 5) is 13.3. The molecule has 152 valence electrons. The molecular formula is C26H27N3O. The summed E-state index contributed by atoms with van der Waals surface area (Å²) in [6.07, 6.45) is 0. The maximum atomic E-state index is 13.3. The number of aromatic nitrogens is 2. The molecule has 30 heavy (non-hydrogen) atoms. The van der Waals surface area contributed by atoms with Gasteiger partial charge >= 0.3 is 0 Å². The van der Waals surface area contributed by atoms with Crippen LogP contribution in [0, 0.1) is 13.8 Å². The van der Waals surface area contributed by atoms with Crippen molar-refractivity contribution in [3.8, 4) is 5.69 Å². The summed E-state index contributed by atoms with van der Waals surface area (Å²) < 4.78 is 1.85. The number of rotatable bonds is 3. The van der Waals surface area contributed by atoms with Crippen molar-refractivity contribution in [3.63, 3.8) is 0 Å². The number of anilines is 1. The third kappa shape index (κ3) is 3.61. The summed E-state index contributed by atoms with van der Waals surface area (Å²) in [5.74, 6) is 0.533. The summed E-state index contributed by atoms with van der Waals surface area (Å²) in [7, 11) is 0. The Kier molecular flexibility index (Phi) is 4.94. The molecule has 1 aromatic heterocycles. The lowest BCUT2D eigenvalue weighted by Crippen LogP contribution is -2.16. The second-order valence-corrected chi connectivity index (χ2v) is 8.78. The quantitative estimate of drug-likeness (QED) is 0.448. The number of amides is 1. The fourth-order valence-corrected chi connectivity index (χ4v) is 3.59. The molecule has 0 fully saturated rings. The second-order valence-electron chi connectivity index (χ2n) is 8.78. The highest BCUT2D eigenvalue weighted by molar-refractivity contribution is 6.12. The third-order valence-corrected chi connectivity index (χ3v) is 5.56. The third-order valence-electron chi connectivity index (χ3n) is 5.56. The molecule has 1 heterocycles. The highest BCUT2D eigenvalue weighted by atomic mass is 16.1. The molecule has 1 amide bonds. The molecule has 1 N–H and O–H groups in total. The van der Waals surface area contributed by atoms with E-state index in [1.54, 1.807) is 0 Å². The van der Waals surface area contributed by atoms with E-state index in [0.717, 1.165) is 27.7 Å². The Morgan fingerprint density at radius 1 is 0.933 bits per heavy atom. The lowest BCUT2D eigenvalue weighted by molar-refractivity contribution is 0.102. The predicted octanol–water partition coefficient (Wildman–Crippen LogP) is 6.19. The van der Waals surface area contributed by atoms with E-state index in [2.05, 4.69) is 46.0 Å². The van der Waals surface area contributed by atoms with Gasteiger partial charge in [-0.3, -0.25) is 4.79 Å². The minimum atomic E-state index is -0.140. The van der Waals surface area contributed by atoms with Crippen molar-refractivity contribution >= 4 is 22.5 Å². The van der Waals surface area contributed by atoms with Gasteiger partial charge in [-0.15, -0.1) is 0 Å². The molecule has 0 unspecified atom stereocenters. The van der Waals surface area contributed by atoms with E-state index >= 15 is 0 Å². The number of carbonyl (C=O) groups is 1. The van der Waals surface area contributed by atoms with Crippen LogP contribution in [0.25, 0.3) is 16.5 Å². The molecule has 4 rings (SSSR count). The average Bonchev–Trinajstić information content (AvgIpc) is 3.13. The summed E-state index contributed by atoms with van der Waals surface area (Å²) in [6.45, 7) is 10.5. The fraction of sp³-hybridized carbons (Fsp3) is 0.231. The number of hydrogen-bond donors (Lipinski definition) is 1. The number of carbonyl (C=O) groups excluding carboxylic acids is 1. The first-order valence-electron chi connectivity index (χ1n) is 10.2. The van der Waals surface area contributed by atoms with Crippen LogP contribution >= 0.6 is 0 Å². The monoisotopic (exact) mass is 397 g/mol. The second kappa shape index (κ2) is 7.45. The molecule has 0 radical (unpaired) electrons. The molecule has 0 aliphatic rings. The predicted molar refractivity (Wildman–Crippen MR) is 124 cm³/mol. The van der Waals surface area contributed by atoms with Crippen LogP contribution in [0.3, 0.4) is 0 Å². The Morgan fingerprint density at radius 3 is 2.40 bits per heavy atom. The maximum Gasteiger partial charge on any atom is 0.257 e. The average molecular weight is 398 g/mol. The van der Waals surface area contributed by atoms with Crippen molar-refractivity contribution in [1.29, 1.82) is 0 Å². The molecule has 0 aliphatic carbocycles. The van der Waals surface area contributed by atoms with E-state index in [9.17, 15) is 4.79 Å². The zero-order chi connectivity index (χ0) is 21.5. The summed E-state index contributed by atoms with van der Waals surface area (Å²) in [5.41, 5.74) is 4.74. The van der Waals surface area contributed by atoms with Crippen molar-refractivity contribution in [3.05, 3.63) is 89.1 Å². The van der Waals surface area contributed by atoms with Gasteiger partial charge in [-0.25, -0.2) is 4.68 Å². The summed E-state index contributed by atoms with van der Waals surface area (Å²) in [6, 6.07) is 21.8. The molecule has 0 spiro atoms. The lowest BCUT2D eigenvalue weighted by atomic mass is 9.92. The number of fused-ring (bicyclic) bond motifs is 1. The van der Waals surface area contributed by atoms with Crippen molar-refractivity contribution < 1.29 is 4.79 Å². The lowest BCUT2D eigenvalue weighted by Gasteiger charge is -2.15. The zero-order valence-electron chi connectivity index (χ0n) is 18.2. The Hall–Kier alpha value is -3.40. The van der Waals surface area contributed by atoms with Gasteiger partial charge in [0.2, 0.25) is 0 Å². The first kappa shape index (κ1) is 19.9. The first-order chi connectivity index (χ1) is 14.3. The van der Waals surface area contributed by atoms with Gasteiger partial charge < -0.3 is 5.32 Å². The number of aryl methyl sites for hydroxylation is 1. The van der Waals surface area contributed by atoms with Crippen LogP contribution < -0.4 is 5.32 Å². The van der Waals surface area contributed by atoms with E-state index in [4.69, 9.17) is 5.10 Å². The normalized spacial score (nSPS) is 11.6. The van der Waals surface area contributed by atoms with Crippen LogP contribution in [0.1, 0.15) is 48.0 Å². The van der Waals surface area contributed by atoms with Gasteiger partial charge in [0.15, 0.2) is 0 Å².